The molecule has 0 radical (unpaired) electrons. The van der Waals surface area contributed by atoms with Crippen molar-refractivity contribution < 1.29 is 0 Å². The highest BCUT2D eigenvalue weighted by Crippen LogP contribution is 2.28. The number of benzene rings is 1. The summed E-state index contributed by atoms with van der Waals surface area (Å²) in [7, 11) is 1.83. The van der Waals surface area contributed by atoms with E-state index in [-0.39, 0.29) is 0 Å². The molecule has 1 N–H and O–H groups in total. The molecule has 18 heavy (non-hydrogen) atoms. The lowest BCUT2D eigenvalue weighted by Crippen LogP contribution is -2.02. The second-order valence-electron chi connectivity index (χ2n) is 4.33. The minimum atomic E-state index is 0.493. The third-order valence-electron chi connectivity index (χ3n) is 3.03. The third kappa shape index (κ3) is 2.18. The average Bonchev–Trinajstić information content (AvgIpc) is 2.33. The van der Waals surface area contributed by atoms with Gasteiger partial charge in [-0.3, -0.25) is 0 Å². The van der Waals surface area contributed by atoms with Gasteiger partial charge in [-0.25, -0.2) is 9.97 Å². The molecular formula is C14H16ClN3. The number of rotatable bonds is 2. The van der Waals surface area contributed by atoms with E-state index < -0.39 is 0 Å². The number of aromatic nitrogens is 2. The Balaban J connectivity index is 2.68. The van der Waals surface area contributed by atoms with Gasteiger partial charge in [0, 0.05) is 18.2 Å². The van der Waals surface area contributed by atoms with Gasteiger partial charge in [-0.15, -0.1) is 0 Å². The van der Waals surface area contributed by atoms with E-state index in [1.807, 2.05) is 20.0 Å². The van der Waals surface area contributed by atoms with Gasteiger partial charge >= 0.3 is 0 Å². The Morgan fingerprint density at radius 2 is 1.67 bits per heavy atom. The molecule has 0 spiro atoms. The van der Waals surface area contributed by atoms with Crippen LogP contribution < -0.4 is 5.32 Å². The maximum Gasteiger partial charge on any atom is 0.163 e. The Labute approximate surface area is 112 Å². The van der Waals surface area contributed by atoms with Gasteiger partial charge in [0.15, 0.2) is 5.82 Å². The summed E-state index contributed by atoms with van der Waals surface area (Å²) in [4.78, 5) is 8.92. The summed E-state index contributed by atoms with van der Waals surface area (Å²) in [6.07, 6.45) is 0. The number of halogens is 1. The fourth-order valence-electron chi connectivity index (χ4n) is 2.01. The van der Waals surface area contributed by atoms with Crippen molar-refractivity contribution in [3.63, 3.8) is 0 Å². The van der Waals surface area contributed by atoms with Crippen LogP contribution in [0.15, 0.2) is 18.2 Å². The molecule has 94 valence electrons. The molecule has 1 aromatic carbocycles. The summed E-state index contributed by atoms with van der Waals surface area (Å²) in [6.45, 7) is 6.01. The van der Waals surface area contributed by atoms with Crippen molar-refractivity contribution in [1.82, 2.24) is 9.97 Å². The van der Waals surface area contributed by atoms with Crippen LogP contribution >= 0.6 is 11.6 Å². The van der Waals surface area contributed by atoms with Gasteiger partial charge in [-0.05, 0) is 31.9 Å². The number of aryl methyl sites for hydroxylation is 2. The first kappa shape index (κ1) is 12.8. The Hall–Kier alpha value is -1.61. The molecule has 0 saturated carbocycles. The van der Waals surface area contributed by atoms with E-state index in [2.05, 4.69) is 41.3 Å². The molecule has 0 saturated heterocycles. The smallest absolute Gasteiger partial charge is 0.163 e. The van der Waals surface area contributed by atoms with E-state index in [1.165, 1.54) is 0 Å². The number of nitrogens with one attached hydrogen (secondary N) is 1. The van der Waals surface area contributed by atoms with Crippen LogP contribution in [-0.4, -0.2) is 17.0 Å². The van der Waals surface area contributed by atoms with Gasteiger partial charge < -0.3 is 5.32 Å². The SMILES string of the molecule is CNc1nc(-c2c(C)cccc2C)nc(Cl)c1C. The number of hydrogen-bond donors (Lipinski definition) is 1. The fourth-order valence-corrected chi connectivity index (χ4v) is 2.18. The molecule has 3 nitrogen and oxygen atoms in total. The molecule has 0 aliphatic carbocycles. The molecule has 1 heterocycles. The van der Waals surface area contributed by atoms with Crippen LogP contribution in [0.4, 0.5) is 5.82 Å². The van der Waals surface area contributed by atoms with E-state index >= 15 is 0 Å². The lowest BCUT2D eigenvalue weighted by atomic mass is 10.0. The Morgan fingerprint density at radius 3 is 2.22 bits per heavy atom. The maximum atomic E-state index is 6.16. The molecule has 0 amide bonds. The standard InChI is InChI=1S/C14H16ClN3/c1-8-6-5-7-9(2)11(8)14-17-12(15)10(3)13(16-4)18-14/h5-7H,1-4H3,(H,16,17,18). The molecule has 2 rings (SSSR count). The summed E-state index contributed by atoms with van der Waals surface area (Å²) in [6, 6.07) is 6.14. The van der Waals surface area contributed by atoms with Crippen LogP contribution in [0.2, 0.25) is 5.15 Å². The van der Waals surface area contributed by atoms with Crippen molar-refractivity contribution in [2.45, 2.75) is 20.8 Å². The van der Waals surface area contributed by atoms with E-state index in [1.54, 1.807) is 0 Å². The molecular weight excluding hydrogens is 246 g/mol. The fraction of sp³-hybridized carbons (Fsp3) is 0.286. The highest BCUT2D eigenvalue weighted by molar-refractivity contribution is 6.30. The lowest BCUT2D eigenvalue weighted by molar-refractivity contribution is 1.12. The van der Waals surface area contributed by atoms with Crippen molar-refractivity contribution in [3.8, 4) is 11.4 Å². The van der Waals surface area contributed by atoms with E-state index in [4.69, 9.17) is 11.6 Å². The first-order valence-electron chi connectivity index (χ1n) is 5.83. The Bertz CT molecular complexity index is 574. The average molecular weight is 262 g/mol. The summed E-state index contributed by atoms with van der Waals surface area (Å²) in [5, 5.41) is 3.54. The predicted molar refractivity (Wildman–Crippen MR) is 76.2 cm³/mol. The lowest BCUT2D eigenvalue weighted by Gasteiger charge is -2.12. The quantitative estimate of drug-likeness (QED) is 0.837. The minimum absolute atomic E-state index is 0.493. The van der Waals surface area contributed by atoms with E-state index in [0.717, 1.165) is 28.1 Å². The normalized spacial score (nSPS) is 10.5. The topological polar surface area (TPSA) is 37.8 Å². The first-order chi connectivity index (χ1) is 8.54. The first-order valence-corrected chi connectivity index (χ1v) is 6.21. The van der Waals surface area contributed by atoms with Crippen LogP contribution in [0.1, 0.15) is 16.7 Å². The predicted octanol–water partition coefficient (Wildman–Crippen LogP) is 3.76. The zero-order chi connectivity index (χ0) is 13.3. The number of anilines is 1. The van der Waals surface area contributed by atoms with Crippen molar-refractivity contribution in [2.75, 3.05) is 12.4 Å². The largest absolute Gasteiger partial charge is 0.373 e. The van der Waals surface area contributed by atoms with Gasteiger partial charge in [-0.1, -0.05) is 29.8 Å². The second-order valence-corrected chi connectivity index (χ2v) is 4.69. The van der Waals surface area contributed by atoms with Crippen LogP contribution in [-0.2, 0) is 0 Å². The van der Waals surface area contributed by atoms with Gasteiger partial charge in [0.25, 0.3) is 0 Å². The number of hydrogen-bond acceptors (Lipinski definition) is 3. The van der Waals surface area contributed by atoms with Crippen LogP contribution in [0.5, 0.6) is 0 Å². The Kier molecular flexibility index (Phi) is 3.53. The molecule has 0 bridgehead atoms. The van der Waals surface area contributed by atoms with Crippen molar-refractivity contribution in [3.05, 3.63) is 40.0 Å². The Morgan fingerprint density at radius 1 is 1.06 bits per heavy atom. The second kappa shape index (κ2) is 4.94. The van der Waals surface area contributed by atoms with E-state index in [9.17, 15) is 0 Å². The van der Waals surface area contributed by atoms with Crippen LogP contribution in [0, 0.1) is 20.8 Å². The van der Waals surface area contributed by atoms with E-state index in [0.29, 0.717) is 11.0 Å². The zero-order valence-electron chi connectivity index (χ0n) is 11.0. The molecule has 1 aromatic heterocycles. The molecule has 0 fully saturated rings. The van der Waals surface area contributed by atoms with Gasteiger partial charge in [-0.2, -0.15) is 0 Å². The van der Waals surface area contributed by atoms with Gasteiger partial charge in [0.05, 0.1) is 0 Å². The van der Waals surface area contributed by atoms with Crippen molar-refractivity contribution in [2.24, 2.45) is 0 Å². The summed E-state index contributed by atoms with van der Waals surface area (Å²) >= 11 is 6.16. The molecule has 4 heteroatoms. The van der Waals surface area contributed by atoms with Crippen molar-refractivity contribution >= 4 is 17.4 Å². The summed E-state index contributed by atoms with van der Waals surface area (Å²) in [5.74, 6) is 1.44. The minimum Gasteiger partial charge on any atom is -0.373 e. The van der Waals surface area contributed by atoms with Crippen LogP contribution in [0.25, 0.3) is 11.4 Å². The zero-order valence-corrected chi connectivity index (χ0v) is 11.8. The number of nitrogens with zero attached hydrogens (tertiary/aromatic N) is 2. The maximum absolute atomic E-state index is 6.16. The molecule has 0 aliphatic heterocycles. The van der Waals surface area contributed by atoms with Gasteiger partial charge in [0.2, 0.25) is 0 Å². The highest BCUT2D eigenvalue weighted by atomic mass is 35.5. The monoisotopic (exact) mass is 261 g/mol. The van der Waals surface area contributed by atoms with Crippen LogP contribution in [0.3, 0.4) is 0 Å². The third-order valence-corrected chi connectivity index (χ3v) is 3.40. The summed E-state index contributed by atoms with van der Waals surface area (Å²) < 4.78 is 0. The molecule has 0 atom stereocenters. The summed E-state index contributed by atoms with van der Waals surface area (Å²) in [5.41, 5.74) is 4.22. The molecule has 0 aliphatic rings. The molecule has 2 aromatic rings. The van der Waals surface area contributed by atoms with Gasteiger partial charge in [0.1, 0.15) is 11.0 Å². The van der Waals surface area contributed by atoms with Crippen molar-refractivity contribution in [1.29, 1.82) is 0 Å². The highest BCUT2D eigenvalue weighted by Gasteiger charge is 2.13. The molecule has 0 unspecified atom stereocenters.